The first-order valence-corrected chi connectivity index (χ1v) is 7.63. The molecule has 3 aromatic heterocycles. The molecule has 0 bridgehead atoms. The number of nitrogens with two attached hydrogens (primary N) is 1. The van der Waals surface area contributed by atoms with Gasteiger partial charge in [-0.25, -0.2) is 15.0 Å². The van der Waals surface area contributed by atoms with Crippen molar-refractivity contribution in [2.24, 2.45) is 0 Å². The Hall–Kier alpha value is -2.77. The van der Waals surface area contributed by atoms with Crippen molar-refractivity contribution < 1.29 is 4.52 Å². The van der Waals surface area contributed by atoms with Crippen molar-refractivity contribution in [1.29, 1.82) is 0 Å². The highest BCUT2D eigenvalue weighted by molar-refractivity contribution is 5.84. The van der Waals surface area contributed by atoms with Crippen LogP contribution in [0, 0.1) is 6.92 Å². The van der Waals surface area contributed by atoms with Gasteiger partial charge < -0.3 is 15.2 Å². The molecule has 0 radical (unpaired) electrons. The molecule has 3 aromatic rings. The average Bonchev–Trinajstić information content (AvgIpc) is 3.02. The molecule has 23 heavy (non-hydrogen) atoms. The number of pyridine rings is 1. The van der Waals surface area contributed by atoms with Gasteiger partial charge in [-0.15, -0.1) is 0 Å². The fraction of sp³-hybridized carbons (Fsp3) is 0.400. The maximum Gasteiger partial charge on any atom is 0.223 e. The molecule has 8 heteroatoms. The largest absolute Gasteiger partial charge is 0.382 e. The van der Waals surface area contributed by atoms with E-state index in [4.69, 9.17) is 10.3 Å². The highest BCUT2D eigenvalue weighted by Crippen LogP contribution is 2.29. The summed E-state index contributed by atoms with van der Waals surface area (Å²) in [6.07, 6.45) is 3.40. The smallest absolute Gasteiger partial charge is 0.223 e. The van der Waals surface area contributed by atoms with E-state index in [0.717, 1.165) is 43.1 Å². The molecule has 2 N–H and O–H groups in total. The second kappa shape index (κ2) is 5.45. The van der Waals surface area contributed by atoms with Crippen LogP contribution in [0.2, 0.25) is 0 Å². The van der Waals surface area contributed by atoms with Crippen molar-refractivity contribution in [2.45, 2.75) is 25.7 Å². The number of piperidine rings is 1. The van der Waals surface area contributed by atoms with Crippen molar-refractivity contribution in [3.63, 3.8) is 0 Å². The molecular formula is C15H17N7O. The molecule has 0 atom stereocenters. The van der Waals surface area contributed by atoms with Gasteiger partial charge in [0.05, 0.1) is 5.52 Å². The van der Waals surface area contributed by atoms with E-state index in [1.807, 2.05) is 19.1 Å². The molecule has 0 aromatic carbocycles. The normalized spacial score (nSPS) is 16.1. The average molecular weight is 311 g/mol. The van der Waals surface area contributed by atoms with Crippen molar-refractivity contribution in [3.05, 3.63) is 30.2 Å². The second-order valence-electron chi connectivity index (χ2n) is 5.73. The van der Waals surface area contributed by atoms with Gasteiger partial charge in [0.25, 0.3) is 0 Å². The van der Waals surface area contributed by atoms with E-state index in [1.165, 1.54) is 6.33 Å². The van der Waals surface area contributed by atoms with E-state index in [0.29, 0.717) is 23.1 Å². The molecule has 4 heterocycles. The first-order valence-electron chi connectivity index (χ1n) is 7.63. The van der Waals surface area contributed by atoms with Crippen LogP contribution in [0.4, 0.5) is 11.6 Å². The number of aryl methyl sites for hydroxylation is 1. The Morgan fingerprint density at radius 3 is 2.74 bits per heavy atom. The van der Waals surface area contributed by atoms with Gasteiger partial charge in [0.15, 0.2) is 11.6 Å². The van der Waals surface area contributed by atoms with Crippen LogP contribution in [-0.4, -0.2) is 38.2 Å². The third kappa shape index (κ3) is 2.56. The Labute approximate surface area is 132 Å². The Bertz CT molecular complexity index is 839. The maximum absolute atomic E-state index is 5.90. The summed E-state index contributed by atoms with van der Waals surface area (Å²) in [5.74, 6) is 3.09. The number of rotatable bonds is 2. The zero-order valence-corrected chi connectivity index (χ0v) is 12.8. The van der Waals surface area contributed by atoms with E-state index < -0.39 is 0 Å². The molecule has 0 aliphatic carbocycles. The minimum absolute atomic E-state index is 0.345. The van der Waals surface area contributed by atoms with Crippen LogP contribution in [0.25, 0.3) is 11.0 Å². The standard InChI is InChI=1S/C15H17N7O/c1-9-19-15(21-23-9)10-4-6-22(7-5-10)12-3-2-11-13(20-12)14(16)18-8-17-11/h2-3,8,10H,4-7H2,1H3,(H2,16,17,18). The van der Waals surface area contributed by atoms with Gasteiger partial charge in [0.1, 0.15) is 17.7 Å². The van der Waals surface area contributed by atoms with Gasteiger partial charge >= 0.3 is 0 Å². The molecule has 1 aliphatic heterocycles. The van der Waals surface area contributed by atoms with E-state index in [2.05, 4.69) is 30.0 Å². The van der Waals surface area contributed by atoms with Crippen molar-refractivity contribution in [1.82, 2.24) is 25.1 Å². The minimum Gasteiger partial charge on any atom is -0.382 e. The Morgan fingerprint density at radius 1 is 1.17 bits per heavy atom. The van der Waals surface area contributed by atoms with Gasteiger partial charge in [0.2, 0.25) is 5.89 Å². The maximum atomic E-state index is 5.90. The highest BCUT2D eigenvalue weighted by Gasteiger charge is 2.25. The fourth-order valence-electron chi connectivity index (χ4n) is 2.97. The molecule has 118 valence electrons. The minimum atomic E-state index is 0.345. The predicted molar refractivity (Wildman–Crippen MR) is 85.0 cm³/mol. The van der Waals surface area contributed by atoms with Crippen LogP contribution < -0.4 is 10.6 Å². The molecule has 1 aliphatic rings. The van der Waals surface area contributed by atoms with E-state index >= 15 is 0 Å². The van der Waals surface area contributed by atoms with Gasteiger partial charge in [-0.1, -0.05) is 5.16 Å². The number of aromatic nitrogens is 5. The fourth-order valence-corrected chi connectivity index (χ4v) is 2.97. The van der Waals surface area contributed by atoms with Gasteiger partial charge in [-0.2, -0.15) is 4.98 Å². The van der Waals surface area contributed by atoms with Crippen LogP contribution in [-0.2, 0) is 0 Å². The Balaban J connectivity index is 1.53. The molecule has 0 saturated carbocycles. The van der Waals surface area contributed by atoms with E-state index in [-0.39, 0.29) is 0 Å². The number of fused-ring (bicyclic) bond motifs is 1. The molecule has 8 nitrogen and oxygen atoms in total. The summed E-state index contributed by atoms with van der Waals surface area (Å²) in [5, 5.41) is 4.04. The summed E-state index contributed by atoms with van der Waals surface area (Å²) in [7, 11) is 0. The monoisotopic (exact) mass is 311 g/mol. The van der Waals surface area contributed by atoms with E-state index in [1.54, 1.807) is 0 Å². The first kappa shape index (κ1) is 13.9. The number of nitrogens with zero attached hydrogens (tertiary/aromatic N) is 6. The third-order valence-corrected chi connectivity index (χ3v) is 4.22. The summed E-state index contributed by atoms with van der Waals surface area (Å²) in [5.41, 5.74) is 7.31. The lowest BCUT2D eigenvalue weighted by atomic mass is 9.96. The summed E-state index contributed by atoms with van der Waals surface area (Å²) in [6, 6.07) is 3.91. The summed E-state index contributed by atoms with van der Waals surface area (Å²) < 4.78 is 5.08. The number of anilines is 2. The number of nitrogen functional groups attached to an aromatic ring is 1. The van der Waals surface area contributed by atoms with Crippen molar-refractivity contribution in [3.8, 4) is 0 Å². The quantitative estimate of drug-likeness (QED) is 0.761. The molecule has 0 spiro atoms. The second-order valence-corrected chi connectivity index (χ2v) is 5.73. The summed E-state index contributed by atoms with van der Waals surface area (Å²) >= 11 is 0. The molecule has 0 amide bonds. The van der Waals surface area contributed by atoms with Crippen LogP contribution in [0.15, 0.2) is 23.0 Å². The number of hydrogen-bond donors (Lipinski definition) is 1. The molecule has 4 rings (SSSR count). The van der Waals surface area contributed by atoms with Gasteiger partial charge in [-0.05, 0) is 25.0 Å². The van der Waals surface area contributed by atoms with Gasteiger partial charge in [-0.3, -0.25) is 0 Å². The highest BCUT2D eigenvalue weighted by atomic mass is 16.5. The molecular weight excluding hydrogens is 294 g/mol. The van der Waals surface area contributed by atoms with E-state index in [9.17, 15) is 0 Å². The zero-order chi connectivity index (χ0) is 15.8. The molecule has 1 saturated heterocycles. The molecule has 1 fully saturated rings. The zero-order valence-electron chi connectivity index (χ0n) is 12.8. The van der Waals surface area contributed by atoms with Crippen LogP contribution in [0.3, 0.4) is 0 Å². The lowest BCUT2D eigenvalue weighted by molar-refractivity contribution is 0.375. The summed E-state index contributed by atoms with van der Waals surface area (Å²) in [4.78, 5) is 19.4. The molecule has 0 unspecified atom stereocenters. The number of hydrogen-bond acceptors (Lipinski definition) is 8. The topological polar surface area (TPSA) is 107 Å². The van der Waals surface area contributed by atoms with Crippen molar-refractivity contribution >= 4 is 22.7 Å². The lowest BCUT2D eigenvalue weighted by Gasteiger charge is -2.31. The Morgan fingerprint density at radius 2 is 2.00 bits per heavy atom. The first-order chi connectivity index (χ1) is 11.2. The SMILES string of the molecule is Cc1nc(C2CCN(c3ccc4ncnc(N)c4n3)CC2)no1. The van der Waals surface area contributed by atoms with Crippen LogP contribution in [0.1, 0.15) is 30.5 Å². The summed E-state index contributed by atoms with van der Waals surface area (Å²) in [6.45, 7) is 3.60. The van der Waals surface area contributed by atoms with Crippen molar-refractivity contribution in [2.75, 3.05) is 23.7 Å². The lowest BCUT2D eigenvalue weighted by Crippen LogP contribution is -2.33. The predicted octanol–water partition coefficient (Wildman–Crippen LogP) is 1.68. The van der Waals surface area contributed by atoms with Crippen LogP contribution >= 0.6 is 0 Å². The van der Waals surface area contributed by atoms with Gasteiger partial charge in [0, 0.05) is 25.9 Å². The Kier molecular flexibility index (Phi) is 3.29. The van der Waals surface area contributed by atoms with Crippen LogP contribution in [0.5, 0.6) is 0 Å². The third-order valence-electron chi connectivity index (χ3n) is 4.22.